The second-order valence-corrected chi connectivity index (χ2v) is 7.01. The minimum Gasteiger partial charge on any atom is -0.373 e. The Bertz CT molecular complexity index is 172. The van der Waals surface area contributed by atoms with Gasteiger partial charge in [0, 0.05) is 26.7 Å². The van der Waals surface area contributed by atoms with E-state index in [2.05, 4.69) is 0 Å². The smallest absolute Gasteiger partial charge is 0.373 e. The molecule has 0 aliphatic carbocycles. The van der Waals surface area contributed by atoms with Crippen molar-refractivity contribution in [3.05, 3.63) is 0 Å². The first-order valence-corrected chi connectivity index (χ1v) is 8.07. The van der Waals surface area contributed by atoms with E-state index < -0.39 is 8.80 Å². The molecule has 0 aliphatic rings. The average Bonchev–Trinajstić information content (AvgIpc) is 2.16. The Morgan fingerprint density at radius 2 is 1.47 bits per heavy atom. The van der Waals surface area contributed by atoms with Crippen molar-refractivity contribution >= 4 is 25.7 Å². The molecular weight excluding hydrogens is 232 g/mol. The first kappa shape index (κ1) is 15.1. The molecule has 0 aliphatic heterocycles. The van der Waals surface area contributed by atoms with Gasteiger partial charge in [0.1, 0.15) is 0 Å². The summed E-state index contributed by atoms with van der Waals surface area (Å²) in [5.74, 6) is 0. The van der Waals surface area contributed by atoms with Crippen LogP contribution < -0.4 is 0 Å². The van der Waals surface area contributed by atoms with Crippen LogP contribution in [0.15, 0.2) is 0 Å². The van der Waals surface area contributed by atoms with Crippen LogP contribution in [0, 0.1) is 0 Å². The summed E-state index contributed by atoms with van der Waals surface area (Å²) in [6.45, 7) is 8.88. The second kappa shape index (κ2) is 8.29. The van der Waals surface area contributed by atoms with Crippen LogP contribution in [0.1, 0.15) is 27.7 Å². The molecule has 0 N–H and O–H groups in total. The SMILES string of the molecule is CCO[Si](CSC(C)=O)(OCC)OCC. The van der Waals surface area contributed by atoms with Crippen molar-refractivity contribution < 1.29 is 18.1 Å². The first-order valence-electron chi connectivity index (χ1n) is 5.15. The van der Waals surface area contributed by atoms with Gasteiger partial charge in [-0.05, 0) is 20.8 Å². The van der Waals surface area contributed by atoms with Crippen LogP contribution >= 0.6 is 11.8 Å². The fourth-order valence-corrected chi connectivity index (χ4v) is 5.19. The van der Waals surface area contributed by atoms with Gasteiger partial charge >= 0.3 is 8.80 Å². The molecule has 15 heavy (non-hydrogen) atoms. The number of hydrogen-bond donors (Lipinski definition) is 0. The van der Waals surface area contributed by atoms with Gasteiger partial charge in [0.15, 0.2) is 5.12 Å². The monoisotopic (exact) mass is 252 g/mol. The summed E-state index contributed by atoms with van der Waals surface area (Å²) < 4.78 is 16.7. The molecule has 0 heterocycles. The van der Waals surface area contributed by atoms with E-state index in [9.17, 15) is 4.79 Å². The molecule has 0 aromatic carbocycles. The molecular formula is C9H20O4SSi. The van der Waals surface area contributed by atoms with Crippen LogP contribution in [0.5, 0.6) is 0 Å². The Labute approximate surface area is 97.0 Å². The molecule has 0 spiro atoms. The van der Waals surface area contributed by atoms with Crippen molar-refractivity contribution in [1.29, 1.82) is 0 Å². The van der Waals surface area contributed by atoms with Crippen LogP contribution in [-0.2, 0) is 18.1 Å². The maximum Gasteiger partial charge on any atom is 0.511 e. The lowest BCUT2D eigenvalue weighted by atomic mass is 10.9. The molecule has 0 saturated carbocycles. The molecule has 0 aromatic rings. The molecule has 0 rings (SSSR count). The molecule has 0 amide bonds. The maximum absolute atomic E-state index is 10.9. The van der Waals surface area contributed by atoms with E-state index >= 15 is 0 Å². The lowest BCUT2D eigenvalue weighted by Gasteiger charge is -2.27. The van der Waals surface area contributed by atoms with Gasteiger partial charge in [-0.25, -0.2) is 0 Å². The lowest BCUT2D eigenvalue weighted by Crippen LogP contribution is -2.49. The average molecular weight is 252 g/mol. The number of carbonyl (C=O) groups is 1. The predicted octanol–water partition coefficient (Wildman–Crippen LogP) is 1.85. The Kier molecular flexibility index (Phi) is 8.35. The minimum absolute atomic E-state index is 0.0611. The van der Waals surface area contributed by atoms with Crippen LogP contribution in [0.2, 0.25) is 0 Å². The Morgan fingerprint density at radius 3 is 1.73 bits per heavy atom. The quantitative estimate of drug-likeness (QED) is 0.617. The van der Waals surface area contributed by atoms with Gasteiger partial charge in [-0.2, -0.15) is 0 Å². The van der Waals surface area contributed by atoms with Crippen molar-refractivity contribution in [1.82, 2.24) is 0 Å². The van der Waals surface area contributed by atoms with E-state index in [1.807, 2.05) is 20.8 Å². The van der Waals surface area contributed by atoms with Crippen molar-refractivity contribution in [2.45, 2.75) is 27.7 Å². The van der Waals surface area contributed by atoms with E-state index in [1.165, 1.54) is 18.7 Å². The zero-order valence-corrected chi connectivity index (χ0v) is 11.7. The molecule has 4 nitrogen and oxygen atoms in total. The summed E-state index contributed by atoms with van der Waals surface area (Å²) in [5, 5.41) is 0.559. The number of rotatable bonds is 8. The highest BCUT2D eigenvalue weighted by atomic mass is 32.2. The van der Waals surface area contributed by atoms with Crippen LogP contribution in [-0.4, -0.2) is 39.1 Å². The number of hydrogen-bond acceptors (Lipinski definition) is 5. The van der Waals surface area contributed by atoms with Gasteiger partial charge < -0.3 is 13.3 Å². The fourth-order valence-electron chi connectivity index (χ4n) is 1.10. The van der Waals surface area contributed by atoms with E-state index in [0.29, 0.717) is 25.2 Å². The minimum atomic E-state index is -2.62. The molecule has 0 unspecified atom stereocenters. The third kappa shape index (κ3) is 6.31. The van der Waals surface area contributed by atoms with Gasteiger partial charge in [0.2, 0.25) is 0 Å². The number of carbonyl (C=O) groups excluding carboxylic acids is 1. The number of thioether (sulfide) groups is 1. The summed E-state index contributed by atoms with van der Waals surface area (Å²) in [6.07, 6.45) is 0. The maximum atomic E-state index is 10.9. The largest absolute Gasteiger partial charge is 0.511 e. The van der Waals surface area contributed by atoms with Crippen molar-refractivity contribution in [3.63, 3.8) is 0 Å². The van der Waals surface area contributed by atoms with E-state index in [4.69, 9.17) is 13.3 Å². The highest BCUT2D eigenvalue weighted by Gasteiger charge is 2.40. The predicted molar refractivity (Wildman–Crippen MR) is 63.8 cm³/mol. The normalized spacial score (nSPS) is 11.7. The third-order valence-electron chi connectivity index (χ3n) is 1.54. The van der Waals surface area contributed by atoms with Gasteiger partial charge in [-0.15, -0.1) is 0 Å². The van der Waals surface area contributed by atoms with Crippen molar-refractivity contribution in [3.8, 4) is 0 Å². The molecule has 0 atom stereocenters. The molecule has 0 aromatic heterocycles. The summed E-state index contributed by atoms with van der Waals surface area (Å²) >= 11 is 1.21. The molecule has 6 heteroatoms. The second-order valence-electron chi connectivity index (χ2n) is 2.76. The Hall–Kier alpha value is 0.117. The molecule has 0 fully saturated rings. The Morgan fingerprint density at radius 1 is 1.07 bits per heavy atom. The zero-order chi connectivity index (χ0) is 11.7. The standard InChI is InChI=1S/C9H20O4SSi/c1-5-11-15(12-6-2,13-7-3)8-14-9(4)10/h5-8H2,1-4H3. The molecule has 90 valence electrons. The van der Waals surface area contributed by atoms with Gasteiger partial charge in [-0.3, -0.25) is 4.79 Å². The summed E-state index contributed by atoms with van der Waals surface area (Å²) in [5.41, 5.74) is 0. The first-order chi connectivity index (χ1) is 7.10. The van der Waals surface area contributed by atoms with Gasteiger partial charge in [0.05, 0.1) is 5.38 Å². The molecule has 0 radical (unpaired) electrons. The summed E-state index contributed by atoms with van der Waals surface area (Å²) in [4.78, 5) is 10.9. The molecule has 0 saturated heterocycles. The topological polar surface area (TPSA) is 44.8 Å². The van der Waals surface area contributed by atoms with Gasteiger partial charge in [-0.1, -0.05) is 11.8 Å². The summed E-state index contributed by atoms with van der Waals surface area (Å²) in [6, 6.07) is 0. The van der Waals surface area contributed by atoms with Gasteiger partial charge in [0.25, 0.3) is 0 Å². The highest BCUT2D eigenvalue weighted by Crippen LogP contribution is 2.17. The Balaban J connectivity index is 4.37. The lowest BCUT2D eigenvalue weighted by molar-refractivity contribution is -0.109. The van der Waals surface area contributed by atoms with Crippen LogP contribution in [0.25, 0.3) is 0 Å². The van der Waals surface area contributed by atoms with E-state index in [0.717, 1.165) is 0 Å². The summed E-state index contributed by atoms with van der Waals surface area (Å²) in [7, 11) is -2.62. The highest BCUT2D eigenvalue weighted by molar-refractivity contribution is 8.14. The van der Waals surface area contributed by atoms with Crippen LogP contribution in [0.3, 0.4) is 0 Å². The van der Waals surface area contributed by atoms with Crippen molar-refractivity contribution in [2.24, 2.45) is 0 Å². The van der Waals surface area contributed by atoms with E-state index in [-0.39, 0.29) is 5.12 Å². The van der Waals surface area contributed by atoms with Crippen molar-refractivity contribution in [2.75, 3.05) is 25.2 Å². The zero-order valence-electron chi connectivity index (χ0n) is 9.87. The van der Waals surface area contributed by atoms with E-state index in [1.54, 1.807) is 0 Å². The van der Waals surface area contributed by atoms with Crippen LogP contribution in [0.4, 0.5) is 0 Å². The molecule has 0 bridgehead atoms. The fraction of sp³-hybridized carbons (Fsp3) is 0.889. The third-order valence-corrected chi connectivity index (χ3v) is 6.13.